The largest absolute Gasteiger partial charge is 0.503 e. The summed E-state index contributed by atoms with van der Waals surface area (Å²) in [5.41, 5.74) is 4.75. The first-order chi connectivity index (χ1) is 3.80. The fourth-order valence-corrected chi connectivity index (χ4v) is 0.436. The zero-order chi connectivity index (χ0) is 5.98. The third-order valence-corrected chi connectivity index (χ3v) is 0.832. The Hall–Kier alpha value is -1.03. The van der Waals surface area contributed by atoms with Crippen LogP contribution in [0.15, 0.2) is 11.8 Å². The average molecular weight is 114 g/mol. The molecule has 0 bridgehead atoms. The minimum Gasteiger partial charge on any atom is -0.503 e. The summed E-state index contributed by atoms with van der Waals surface area (Å²) in [6.07, 6.45) is 1.40. The van der Waals surface area contributed by atoms with Crippen molar-refractivity contribution in [1.82, 2.24) is 10.9 Å². The molecular formula is C4H6N2O2. The normalized spacial score (nSPS) is 19.5. The Morgan fingerprint density at radius 1 is 1.75 bits per heavy atom. The maximum absolute atomic E-state index is 10.3. The smallest absolute Gasteiger partial charge is 0.299 e. The maximum atomic E-state index is 10.3. The first kappa shape index (κ1) is 5.11. The molecule has 0 unspecified atom stereocenters. The summed E-state index contributed by atoms with van der Waals surface area (Å²) in [5, 5.41) is 8.59. The van der Waals surface area contributed by atoms with Crippen LogP contribution in [0, 0.1) is 0 Å². The van der Waals surface area contributed by atoms with Crippen molar-refractivity contribution < 1.29 is 9.90 Å². The molecule has 0 saturated carbocycles. The van der Waals surface area contributed by atoms with Crippen LogP contribution in [0.5, 0.6) is 0 Å². The number of hydrazine groups is 1. The first-order valence-electron chi connectivity index (χ1n) is 2.23. The molecule has 1 amide bonds. The van der Waals surface area contributed by atoms with E-state index in [2.05, 4.69) is 10.9 Å². The van der Waals surface area contributed by atoms with Crippen LogP contribution in [-0.4, -0.2) is 17.6 Å². The van der Waals surface area contributed by atoms with E-state index < -0.39 is 5.91 Å². The Morgan fingerprint density at radius 3 is 2.88 bits per heavy atom. The van der Waals surface area contributed by atoms with Crippen LogP contribution in [0.25, 0.3) is 0 Å². The molecule has 0 aromatic rings. The highest BCUT2D eigenvalue weighted by Crippen LogP contribution is 1.88. The van der Waals surface area contributed by atoms with Gasteiger partial charge in [0.25, 0.3) is 5.91 Å². The summed E-state index contributed by atoms with van der Waals surface area (Å²) in [4.78, 5) is 10.3. The van der Waals surface area contributed by atoms with E-state index in [9.17, 15) is 4.79 Å². The van der Waals surface area contributed by atoms with Gasteiger partial charge in [0, 0.05) is 6.54 Å². The fraction of sp³-hybridized carbons (Fsp3) is 0.250. The van der Waals surface area contributed by atoms with E-state index in [0.717, 1.165) is 0 Å². The number of aliphatic hydroxyl groups excluding tert-OH is 1. The lowest BCUT2D eigenvalue weighted by molar-refractivity contribution is -0.121. The lowest BCUT2D eigenvalue weighted by Crippen LogP contribution is -2.41. The van der Waals surface area contributed by atoms with Crippen LogP contribution in [-0.2, 0) is 4.79 Å². The van der Waals surface area contributed by atoms with Gasteiger partial charge in [0.2, 0.25) is 0 Å². The summed E-state index contributed by atoms with van der Waals surface area (Å²) in [5.74, 6) is -0.694. The highest BCUT2D eigenvalue weighted by atomic mass is 16.3. The van der Waals surface area contributed by atoms with Gasteiger partial charge < -0.3 is 5.11 Å². The molecule has 4 heteroatoms. The summed E-state index contributed by atoms with van der Waals surface area (Å²) < 4.78 is 0. The lowest BCUT2D eigenvalue weighted by Gasteiger charge is -2.08. The van der Waals surface area contributed by atoms with Crippen molar-refractivity contribution in [3.63, 3.8) is 0 Å². The van der Waals surface area contributed by atoms with Crippen molar-refractivity contribution in [2.24, 2.45) is 0 Å². The SMILES string of the molecule is O=C1NNCC=C1O. The number of nitrogens with one attached hydrogen (secondary N) is 2. The minimum atomic E-state index is -0.476. The van der Waals surface area contributed by atoms with Gasteiger partial charge >= 0.3 is 0 Å². The molecule has 4 nitrogen and oxygen atoms in total. The van der Waals surface area contributed by atoms with Crippen molar-refractivity contribution in [2.75, 3.05) is 6.54 Å². The second kappa shape index (κ2) is 1.83. The molecule has 0 radical (unpaired) electrons. The van der Waals surface area contributed by atoms with Crippen LogP contribution in [0.2, 0.25) is 0 Å². The molecular weight excluding hydrogens is 108 g/mol. The van der Waals surface area contributed by atoms with Gasteiger partial charge in [-0.15, -0.1) is 0 Å². The van der Waals surface area contributed by atoms with Crippen LogP contribution in [0.3, 0.4) is 0 Å². The van der Waals surface area contributed by atoms with Crippen LogP contribution in [0.1, 0.15) is 0 Å². The summed E-state index contributed by atoms with van der Waals surface area (Å²) >= 11 is 0. The number of amides is 1. The fourth-order valence-electron chi connectivity index (χ4n) is 0.436. The molecule has 8 heavy (non-hydrogen) atoms. The Labute approximate surface area is 46.2 Å². The average Bonchev–Trinajstić information content (AvgIpc) is 1.77. The predicted octanol–water partition coefficient (Wildman–Crippen LogP) is -0.937. The van der Waals surface area contributed by atoms with Crippen LogP contribution >= 0.6 is 0 Å². The lowest BCUT2D eigenvalue weighted by atomic mass is 10.4. The van der Waals surface area contributed by atoms with Gasteiger partial charge in [-0.05, 0) is 6.08 Å². The van der Waals surface area contributed by atoms with Crippen molar-refractivity contribution in [2.45, 2.75) is 0 Å². The zero-order valence-corrected chi connectivity index (χ0v) is 4.14. The van der Waals surface area contributed by atoms with Gasteiger partial charge in [0.05, 0.1) is 0 Å². The Kier molecular flexibility index (Phi) is 1.17. The molecule has 1 rings (SSSR count). The monoisotopic (exact) mass is 114 g/mol. The Bertz CT molecular complexity index is 141. The second-order valence-corrected chi connectivity index (χ2v) is 1.42. The van der Waals surface area contributed by atoms with E-state index in [0.29, 0.717) is 6.54 Å². The third kappa shape index (κ3) is 0.788. The van der Waals surface area contributed by atoms with Crippen molar-refractivity contribution in [1.29, 1.82) is 0 Å². The van der Waals surface area contributed by atoms with Crippen LogP contribution in [0.4, 0.5) is 0 Å². The van der Waals surface area contributed by atoms with E-state index in [4.69, 9.17) is 5.11 Å². The number of hydrogen-bond donors (Lipinski definition) is 3. The number of aliphatic hydroxyl groups is 1. The first-order valence-corrected chi connectivity index (χ1v) is 2.23. The van der Waals surface area contributed by atoms with E-state index in [1.54, 1.807) is 0 Å². The quantitative estimate of drug-likeness (QED) is 0.381. The van der Waals surface area contributed by atoms with Gasteiger partial charge in [-0.3, -0.25) is 10.2 Å². The van der Waals surface area contributed by atoms with E-state index in [1.807, 2.05) is 0 Å². The van der Waals surface area contributed by atoms with E-state index >= 15 is 0 Å². The molecule has 0 aromatic heterocycles. The van der Waals surface area contributed by atoms with Gasteiger partial charge in [-0.1, -0.05) is 0 Å². The molecule has 0 fully saturated rings. The van der Waals surface area contributed by atoms with Gasteiger partial charge in [0.1, 0.15) is 0 Å². The highest BCUT2D eigenvalue weighted by Gasteiger charge is 2.08. The second-order valence-electron chi connectivity index (χ2n) is 1.42. The van der Waals surface area contributed by atoms with Crippen LogP contribution < -0.4 is 10.9 Å². The topological polar surface area (TPSA) is 61.4 Å². The van der Waals surface area contributed by atoms with Gasteiger partial charge in [-0.2, -0.15) is 0 Å². The third-order valence-electron chi connectivity index (χ3n) is 0.832. The molecule has 44 valence electrons. The Morgan fingerprint density at radius 2 is 2.50 bits per heavy atom. The van der Waals surface area contributed by atoms with Crippen molar-refractivity contribution in [3.05, 3.63) is 11.8 Å². The molecule has 0 aromatic carbocycles. The van der Waals surface area contributed by atoms with E-state index in [1.165, 1.54) is 6.08 Å². The molecule has 3 N–H and O–H groups in total. The summed E-state index contributed by atoms with van der Waals surface area (Å²) in [6, 6.07) is 0. The van der Waals surface area contributed by atoms with Crippen molar-refractivity contribution >= 4 is 5.91 Å². The van der Waals surface area contributed by atoms with Crippen molar-refractivity contribution in [3.8, 4) is 0 Å². The molecule has 0 spiro atoms. The van der Waals surface area contributed by atoms with E-state index in [-0.39, 0.29) is 5.76 Å². The van der Waals surface area contributed by atoms with Gasteiger partial charge in [0.15, 0.2) is 5.76 Å². The molecule has 0 saturated heterocycles. The number of carbonyl (C=O) groups excluding carboxylic acids is 1. The highest BCUT2D eigenvalue weighted by molar-refractivity contribution is 5.91. The van der Waals surface area contributed by atoms with Gasteiger partial charge in [-0.25, -0.2) is 5.43 Å². The number of rotatable bonds is 0. The minimum absolute atomic E-state index is 0.219. The summed E-state index contributed by atoms with van der Waals surface area (Å²) in [6.45, 7) is 0.484. The zero-order valence-electron chi connectivity index (χ0n) is 4.14. The Balaban J connectivity index is 2.67. The molecule has 1 aliphatic heterocycles. The molecule has 1 heterocycles. The number of hydrogen-bond acceptors (Lipinski definition) is 3. The summed E-state index contributed by atoms with van der Waals surface area (Å²) in [7, 11) is 0. The maximum Gasteiger partial charge on any atom is 0.299 e. The molecule has 0 atom stereocenters. The number of carbonyl (C=O) groups is 1. The standard InChI is InChI=1S/C4H6N2O2/c7-3-1-2-5-6-4(3)8/h1,5,7H,2H2,(H,6,8). The molecule has 0 aliphatic carbocycles. The molecule has 1 aliphatic rings. The predicted molar refractivity (Wildman–Crippen MR) is 26.9 cm³/mol.